The van der Waals surface area contributed by atoms with Gasteiger partial charge in [0, 0.05) is 38.9 Å². The molecule has 8 heteroatoms. The highest BCUT2D eigenvalue weighted by atomic mass is 79.9. The van der Waals surface area contributed by atoms with Crippen molar-refractivity contribution in [3.63, 3.8) is 0 Å². The maximum atomic E-state index is 11.7. The lowest BCUT2D eigenvalue weighted by molar-refractivity contribution is 0.0940. The molecule has 19 heavy (non-hydrogen) atoms. The molecule has 0 unspecified atom stereocenters. The van der Waals surface area contributed by atoms with E-state index in [1.165, 1.54) is 0 Å². The van der Waals surface area contributed by atoms with Crippen LogP contribution in [0, 0.1) is 0 Å². The summed E-state index contributed by atoms with van der Waals surface area (Å²) >= 11 is 3.39. The highest BCUT2D eigenvalue weighted by molar-refractivity contribution is 9.10. The van der Waals surface area contributed by atoms with E-state index in [2.05, 4.69) is 25.9 Å². The van der Waals surface area contributed by atoms with Crippen molar-refractivity contribution in [3.8, 4) is 0 Å². The summed E-state index contributed by atoms with van der Waals surface area (Å²) < 4.78 is 27.9. The predicted molar refractivity (Wildman–Crippen MR) is 75.4 cm³/mol. The molecule has 1 aromatic heterocycles. The minimum Gasteiger partial charge on any atom is -0.298 e. The minimum absolute atomic E-state index is 0.316. The molecule has 0 N–H and O–H groups in total. The molecular formula is C11H17BrN4O2S. The summed E-state index contributed by atoms with van der Waals surface area (Å²) in [6.07, 6.45) is 4.54. The van der Waals surface area contributed by atoms with Crippen molar-refractivity contribution in [1.82, 2.24) is 19.0 Å². The molecule has 3 heterocycles. The Kier molecular flexibility index (Phi) is 3.67. The lowest BCUT2D eigenvalue weighted by atomic mass is 10.1. The van der Waals surface area contributed by atoms with E-state index in [1.54, 1.807) is 10.5 Å². The molecule has 0 saturated carbocycles. The molecule has 0 bridgehead atoms. The second-order valence-corrected chi connectivity index (χ2v) is 8.12. The average Bonchev–Trinajstić information content (AvgIpc) is 2.83. The molecule has 2 saturated heterocycles. The van der Waals surface area contributed by atoms with Crippen LogP contribution in [0.15, 0.2) is 16.9 Å². The van der Waals surface area contributed by atoms with E-state index in [-0.39, 0.29) is 0 Å². The second kappa shape index (κ2) is 5.16. The Balaban J connectivity index is 1.45. The van der Waals surface area contributed by atoms with Gasteiger partial charge in [0.1, 0.15) is 0 Å². The van der Waals surface area contributed by atoms with Gasteiger partial charge in [-0.2, -0.15) is 5.10 Å². The zero-order chi connectivity index (χ0) is 13.5. The van der Waals surface area contributed by atoms with Crippen molar-refractivity contribution >= 4 is 26.0 Å². The summed E-state index contributed by atoms with van der Waals surface area (Å²) in [5, 5.41) is 4.27. The first kappa shape index (κ1) is 13.5. The van der Waals surface area contributed by atoms with E-state index >= 15 is 0 Å². The van der Waals surface area contributed by atoms with Crippen molar-refractivity contribution in [2.45, 2.75) is 12.5 Å². The zero-order valence-electron chi connectivity index (χ0n) is 10.6. The number of rotatable bonds is 4. The molecule has 2 aliphatic heterocycles. The van der Waals surface area contributed by atoms with Gasteiger partial charge < -0.3 is 0 Å². The third kappa shape index (κ3) is 2.86. The first-order valence-electron chi connectivity index (χ1n) is 6.44. The van der Waals surface area contributed by atoms with Gasteiger partial charge in [0.15, 0.2) is 0 Å². The van der Waals surface area contributed by atoms with Crippen molar-refractivity contribution in [2.24, 2.45) is 0 Å². The molecular weight excluding hydrogens is 332 g/mol. The predicted octanol–water partition coefficient (Wildman–Crippen LogP) is 0.538. The van der Waals surface area contributed by atoms with Crippen molar-refractivity contribution in [2.75, 3.05) is 38.5 Å². The van der Waals surface area contributed by atoms with Crippen LogP contribution in [0.5, 0.6) is 0 Å². The van der Waals surface area contributed by atoms with Crippen LogP contribution in [-0.2, 0) is 10.0 Å². The SMILES string of the molecule is O=S1(=O)CCCN1CCN1CC(n2cc(Br)cn2)C1. The largest absolute Gasteiger partial charge is 0.298 e. The molecule has 0 amide bonds. The summed E-state index contributed by atoms with van der Waals surface area (Å²) in [5.41, 5.74) is 0. The smallest absolute Gasteiger partial charge is 0.214 e. The van der Waals surface area contributed by atoms with E-state index in [4.69, 9.17) is 0 Å². The Morgan fingerprint density at radius 2 is 2.16 bits per heavy atom. The van der Waals surface area contributed by atoms with Gasteiger partial charge >= 0.3 is 0 Å². The molecule has 3 rings (SSSR count). The van der Waals surface area contributed by atoms with Gasteiger partial charge in [-0.3, -0.25) is 9.58 Å². The quantitative estimate of drug-likeness (QED) is 0.796. The number of likely N-dealkylation sites (tertiary alicyclic amines) is 1. The van der Waals surface area contributed by atoms with Crippen molar-refractivity contribution in [1.29, 1.82) is 0 Å². The van der Waals surface area contributed by atoms with E-state index in [1.807, 2.05) is 10.9 Å². The first-order valence-corrected chi connectivity index (χ1v) is 8.85. The van der Waals surface area contributed by atoms with Gasteiger partial charge in [-0.25, -0.2) is 12.7 Å². The maximum absolute atomic E-state index is 11.7. The Morgan fingerprint density at radius 3 is 2.74 bits per heavy atom. The fourth-order valence-electron chi connectivity index (χ4n) is 2.60. The Hall–Kier alpha value is -0.440. The molecule has 0 radical (unpaired) electrons. The van der Waals surface area contributed by atoms with Gasteiger partial charge in [0.2, 0.25) is 10.0 Å². The average molecular weight is 349 g/mol. The Bertz CT molecular complexity index is 553. The van der Waals surface area contributed by atoms with Gasteiger partial charge in [-0.1, -0.05) is 0 Å². The molecule has 6 nitrogen and oxygen atoms in total. The normalized spacial score (nSPS) is 24.7. The van der Waals surface area contributed by atoms with Crippen LogP contribution in [0.25, 0.3) is 0 Å². The molecule has 1 aromatic rings. The van der Waals surface area contributed by atoms with Crippen LogP contribution in [0.4, 0.5) is 0 Å². The fourth-order valence-corrected chi connectivity index (χ4v) is 4.42. The topological polar surface area (TPSA) is 58.4 Å². The summed E-state index contributed by atoms with van der Waals surface area (Å²) in [7, 11) is -2.95. The van der Waals surface area contributed by atoms with Crippen LogP contribution >= 0.6 is 15.9 Å². The monoisotopic (exact) mass is 348 g/mol. The number of halogens is 1. The number of hydrogen-bond donors (Lipinski definition) is 0. The lowest BCUT2D eigenvalue weighted by Gasteiger charge is -2.39. The Labute approximate surface area is 121 Å². The van der Waals surface area contributed by atoms with Gasteiger partial charge in [-0.05, 0) is 22.4 Å². The maximum Gasteiger partial charge on any atom is 0.214 e. The van der Waals surface area contributed by atoms with Crippen molar-refractivity contribution in [3.05, 3.63) is 16.9 Å². The van der Waals surface area contributed by atoms with Gasteiger partial charge in [-0.15, -0.1) is 0 Å². The number of hydrogen-bond acceptors (Lipinski definition) is 4. The molecule has 0 spiro atoms. The third-order valence-corrected chi connectivity index (χ3v) is 6.12. The van der Waals surface area contributed by atoms with Crippen LogP contribution in [0.2, 0.25) is 0 Å². The summed E-state index contributed by atoms with van der Waals surface area (Å²) in [5.74, 6) is 0.316. The second-order valence-electron chi connectivity index (χ2n) is 5.12. The highest BCUT2D eigenvalue weighted by Gasteiger charge is 2.32. The lowest BCUT2D eigenvalue weighted by Crippen LogP contribution is -2.50. The summed E-state index contributed by atoms with van der Waals surface area (Å²) in [6, 6.07) is 0.418. The van der Waals surface area contributed by atoms with Gasteiger partial charge in [0.05, 0.1) is 22.5 Å². The number of nitrogens with zero attached hydrogens (tertiary/aromatic N) is 4. The molecule has 0 aromatic carbocycles. The van der Waals surface area contributed by atoms with Crippen LogP contribution in [0.3, 0.4) is 0 Å². The zero-order valence-corrected chi connectivity index (χ0v) is 13.0. The van der Waals surface area contributed by atoms with E-state index < -0.39 is 10.0 Å². The van der Waals surface area contributed by atoms with Gasteiger partial charge in [0.25, 0.3) is 0 Å². The van der Waals surface area contributed by atoms with E-state index in [0.29, 0.717) is 24.9 Å². The summed E-state index contributed by atoms with van der Waals surface area (Å²) in [6.45, 7) is 4.02. The third-order valence-electron chi connectivity index (χ3n) is 3.75. The Morgan fingerprint density at radius 1 is 1.37 bits per heavy atom. The molecule has 0 aliphatic carbocycles. The van der Waals surface area contributed by atoms with Crippen molar-refractivity contribution < 1.29 is 8.42 Å². The molecule has 106 valence electrons. The van der Waals surface area contributed by atoms with Crippen LogP contribution < -0.4 is 0 Å². The molecule has 2 fully saturated rings. The standard InChI is InChI=1S/C11H17BrN4O2S/c12-10-6-13-16(7-10)11-8-14(9-11)3-4-15-2-1-5-19(15,17)18/h6-7,11H,1-5,8-9H2. The first-order chi connectivity index (χ1) is 9.04. The van der Waals surface area contributed by atoms with Crippen LogP contribution in [0.1, 0.15) is 12.5 Å². The number of aromatic nitrogens is 2. The van der Waals surface area contributed by atoms with Crippen LogP contribution in [-0.4, -0.2) is 65.9 Å². The highest BCUT2D eigenvalue weighted by Crippen LogP contribution is 2.22. The van der Waals surface area contributed by atoms with E-state index in [9.17, 15) is 8.42 Å². The fraction of sp³-hybridized carbons (Fsp3) is 0.727. The minimum atomic E-state index is -2.95. The molecule has 0 atom stereocenters. The molecule has 2 aliphatic rings. The summed E-state index contributed by atoms with van der Waals surface area (Å²) in [4.78, 5) is 2.27. The number of sulfonamides is 1. The van der Waals surface area contributed by atoms with E-state index in [0.717, 1.165) is 30.5 Å².